The van der Waals surface area contributed by atoms with Gasteiger partial charge < -0.3 is 4.79 Å². The van der Waals surface area contributed by atoms with E-state index in [9.17, 15) is 9.32 Å². The van der Waals surface area contributed by atoms with Gasteiger partial charge in [0.05, 0.1) is 0 Å². The minimum Gasteiger partial charge on any atom is -0.303 e. The smallest absolute Gasteiger partial charge is 0.171 e. The van der Waals surface area contributed by atoms with Crippen LogP contribution in [0, 0.1) is 6.92 Å². The predicted molar refractivity (Wildman–Crippen MR) is 115 cm³/mol. The summed E-state index contributed by atoms with van der Waals surface area (Å²) in [5.74, 6) is 0.0570. The molecular formula is C25H30FNO2. The standard InChI is InChI=1S/C25H30FNO2/c1-19-8-4-5-9-21(19)14-16-27(15-6-3-7-17-28)25-13-11-23-18-22(20(2)29-26)10-12-24(23)25/h4-5,8-10,12,17-18,25H,2-3,6-7,11,13-16H2,1H3. The molecule has 0 spiro atoms. The zero-order valence-electron chi connectivity index (χ0n) is 17.2. The van der Waals surface area contributed by atoms with Crippen LogP contribution in [0.25, 0.3) is 5.76 Å². The van der Waals surface area contributed by atoms with Gasteiger partial charge in [-0.15, -0.1) is 0 Å². The van der Waals surface area contributed by atoms with Crippen molar-refractivity contribution in [1.29, 1.82) is 0 Å². The van der Waals surface area contributed by atoms with E-state index in [1.54, 1.807) is 0 Å². The first-order valence-corrected chi connectivity index (χ1v) is 10.5. The van der Waals surface area contributed by atoms with Crippen LogP contribution in [0.15, 0.2) is 49.0 Å². The highest BCUT2D eigenvalue weighted by Gasteiger charge is 2.28. The molecule has 0 N–H and O–H groups in total. The third kappa shape index (κ3) is 5.33. The molecule has 1 aliphatic carbocycles. The monoisotopic (exact) mass is 395 g/mol. The quantitative estimate of drug-likeness (QED) is 0.275. The highest BCUT2D eigenvalue weighted by Crippen LogP contribution is 2.37. The summed E-state index contributed by atoms with van der Waals surface area (Å²) in [6.45, 7) is 7.74. The van der Waals surface area contributed by atoms with E-state index in [1.807, 2.05) is 12.1 Å². The Balaban J connectivity index is 1.75. The van der Waals surface area contributed by atoms with Crippen molar-refractivity contribution in [3.63, 3.8) is 0 Å². The number of nitrogens with zero attached hydrogens (tertiary/aromatic N) is 1. The van der Waals surface area contributed by atoms with Crippen LogP contribution in [0.3, 0.4) is 0 Å². The van der Waals surface area contributed by atoms with Crippen LogP contribution in [0.2, 0.25) is 0 Å². The van der Waals surface area contributed by atoms with Crippen molar-refractivity contribution in [2.75, 3.05) is 13.1 Å². The summed E-state index contributed by atoms with van der Waals surface area (Å²) in [7, 11) is 0. The number of benzene rings is 2. The van der Waals surface area contributed by atoms with Crippen molar-refractivity contribution >= 4 is 12.0 Å². The number of carbonyl (C=O) groups is 1. The van der Waals surface area contributed by atoms with Gasteiger partial charge in [-0.2, -0.15) is 0 Å². The van der Waals surface area contributed by atoms with Crippen molar-refractivity contribution in [2.45, 2.75) is 51.5 Å². The second-order valence-corrected chi connectivity index (χ2v) is 7.84. The fourth-order valence-corrected chi connectivity index (χ4v) is 4.31. The zero-order chi connectivity index (χ0) is 20.6. The van der Waals surface area contributed by atoms with E-state index in [0.29, 0.717) is 18.0 Å². The van der Waals surface area contributed by atoms with Crippen molar-refractivity contribution in [3.8, 4) is 0 Å². The Kier molecular flexibility index (Phi) is 7.59. The Hall–Kier alpha value is -2.46. The summed E-state index contributed by atoms with van der Waals surface area (Å²) in [6, 6.07) is 14.9. The van der Waals surface area contributed by atoms with Gasteiger partial charge in [0, 0.05) is 29.1 Å². The maximum atomic E-state index is 12.5. The normalized spacial score (nSPS) is 15.3. The van der Waals surface area contributed by atoms with E-state index < -0.39 is 0 Å². The number of hydrogen-bond acceptors (Lipinski definition) is 3. The molecule has 2 aromatic carbocycles. The average Bonchev–Trinajstić information content (AvgIpc) is 3.17. The topological polar surface area (TPSA) is 29.5 Å². The van der Waals surface area contributed by atoms with Gasteiger partial charge in [0.25, 0.3) is 0 Å². The molecule has 0 saturated carbocycles. The highest BCUT2D eigenvalue weighted by atomic mass is 19.3. The lowest BCUT2D eigenvalue weighted by Crippen LogP contribution is -2.31. The van der Waals surface area contributed by atoms with E-state index in [4.69, 9.17) is 0 Å². The van der Waals surface area contributed by atoms with E-state index >= 15 is 0 Å². The largest absolute Gasteiger partial charge is 0.303 e. The van der Waals surface area contributed by atoms with Crippen LogP contribution < -0.4 is 0 Å². The second kappa shape index (κ2) is 10.4. The van der Waals surface area contributed by atoms with Gasteiger partial charge in [0.2, 0.25) is 0 Å². The minimum absolute atomic E-state index is 0.0570. The molecule has 0 saturated heterocycles. The van der Waals surface area contributed by atoms with E-state index in [-0.39, 0.29) is 5.76 Å². The summed E-state index contributed by atoms with van der Waals surface area (Å²) >= 11 is 0. The third-order valence-electron chi connectivity index (χ3n) is 5.99. The fraction of sp³-hybridized carbons (Fsp3) is 0.400. The Bertz CT molecular complexity index is 848. The van der Waals surface area contributed by atoms with Gasteiger partial charge in [-0.3, -0.25) is 9.84 Å². The number of halogens is 1. The Morgan fingerprint density at radius 1 is 1.24 bits per heavy atom. The molecule has 3 rings (SSSR count). The molecule has 154 valence electrons. The molecule has 0 bridgehead atoms. The number of aryl methyl sites for hydroxylation is 2. The van der Waals surface area contributed by atoms with Crippen LogP contribution in [0.1, 0.15) is 59.5 Å². The Labute approximate surface area is 173 Å². The average molecular weight is 396 g/mol. The lowest BCUT2D eigenvalue weighted by Gasteiger charge is -2.30. The van der Waals surface area contributed by atoms with Crippen LogP contribution in [0.4, 0.5) is 4.53 Å². The summed E-state index contributed by atoms with van der Waals surface area (Å²) in [5.41, 5.74) is 5.98. The lowest BCUT2D eigenvalue weighted by molar-refractivity contribution is -0.107. The predicted octanol–water partition coefficient (Wildman–Crippen LogP) is 5.77. The Morgan fingerprint density at radius 2 is 2.07 bits per heavy atom. The maximum Gasteiger partial charge on any atom is 0.171 e. The van der Waals surface area contributed by atoms with Gasteiger partial charge >= 0.3 is 0 Å². The number of fused-ring (bicyclic) bond motifs is 1. The molecule has 29 heavy (non-hydrogen) atoms. The van der Waals surface area contributed by atoms with Gasteiger partial charge in [0.15, 0.2) is 5.76 Å². The van der Waals surface area contributed by atoms with Crippen LogP contribution in [-0.4, -0.2) is 24.3 Å². The molecule has 0 aliphatic heterocycles. The number of aldehydes is 1. The number of unbranched alkanes of at least 4 members (excludes halogenated alkanes) is 2. The van der Waals surface area contributed by atoms with Gasteiger partial charge in [0.1, 0.15) is 6.29 Å². The van der Waals surface area contributed by atoms with Crippen molar-refractivity contribution in [2.24, 2.45) is 0 Å². The molecule has 0 heterocycles. The van der Waals surface area contributed by atoms with Gasteiger partial charge in [-0.25, -0.2) is 0 Å². The SMILES string of the molecule is C=C(OF)c1ccc2c(c1)CCC2N(CCCCC=O)CCc1ccccc1C. The first-order valence-electron chi connectivity index (χ1n) is 10.5. The number of carbonyl (C=O) groups excluding carboxylic acids is 1. The first kappa shape index (κ1) is 21.3. The fourth-order valence-electron chi connectivity index (χ4n) is 4.31. The molecule has 0 aromatic heterocycles. The molecule has 1 atom stereocenters. The van der Waals surface area contributed by atoms with Crippen LogP contribution >= 0.6 is 0 Å². The van der Waals surface area contributed by atoms with Crippen molar-refractivity contribution in [1.82, 2.24) is 4.90 Å². The lowest BCUT2D eigenvalue weighted by atomic mass is 10.0. The van der Waals surface area contributed by atoms with E-state index in [0.717, 1.165) is 51.5 Å². The molecule has 4 heteroatoms. The second-order valence-electron chi connectivity index (χ2n) is 7.84. The summed E-state index contributed by atoms with van der Waals surface area (Å²) in [6.07, 6.45) is 6.62. The third-order valence-corrected chi connectivity index (χ3v) is 5.99. The van der Waals surface area contributed by atoms with Crippen LogP contribution in [-0.2, 0) is 22.6 Å². The van der Waals surface area contributed by atoms with Gasteiger partial charge in [-0.1, -0.05) is 43.0 Å². The van der Waals surface area contributed by atoms with E-state index in [1.165, 1.54) is 22.3 Å². The molecule has 1 aliphatic rings. The summed E-state index contributed by atoms with van der Waals surface area (Å²) in [5, 5.41) is 0. The zero-order valence-corrected chi connectivity index (χ0v) is 17.2. The molecule has 0 amide bonds. The molecular weight excluding hydrogens is 365 g/mol. The first-order chi connectivity index (χ1) is 14.1. The molecule has 2 aromatic rings. The van der Waals surface area contributed by atoms with Crippen molar-refractivity contribution < 1.29 is 14.3 Å². The van der Waals surface area contributed by atoms with E-state index in [2.05, 4.69) is 53.7 Å². The molecule has 1 unspecified atom stereocenters. The summed E-state index contributed by atoms with van der Waals surface area (Å²) < 4.78 is 12.5. The number of rotatable bonds is 11. The van der Waals surface area contributed by atoms with Crippen molar-refractivity contribution in [3.05, 3.63) is 76.9 Å². The van der Waals surface area contributed by atoms with Gasteiger partial charge in [-0.05, 0) is 73.9 Å². The minimum atomic E-state index is 0.0570. The summed E-state index contributed by atoms with van der Waals surface area (Å²) in [4.78, 5) is 17.0. The van der Waals surface area contributed by atoms with Crippen LogP contribution in [0.5, 0.6) is 0 Å². The molecule has 3 nitrogen and oxygen atoms in total. The highest BCUT2D eigenvalue weighted by molar-refractivity contribution is 5.59. The molecule has 0 radical (unpaired) electrons. The maximum absolute atomic E-state index is 12.5. The molecule has 0 fully saturated rings. The number of hydrogen-bond donors (Lipinski definition) is 0. The Morgan fingerprint density at radius 3 is 2.83 bits per heavy atom.